The number of pyridine rings is 1. The molecular formula is C37H39N3O8S. The van der Waals surface area contributed by atoms with Gasteiger partial charge in [-0.3, -0.25) is 14.8 Å². The van der Waals surface area contributed by atoms with Crippen molar-refractivity contribution in [1.29, 1.82) is 0 Å². The number of unbranched alkanes of at least 4 members (excludes halogenated alkanes) is 1. The van der Waals surface area contributed by atoms with E-state index in [1.807, 2.05) is 72.8 Å². The SMILES string of the molecule is O=C(CCCCC(=O)NCc1cccc(-c2ccc(C3OC(CSc4ncccc4C(=O)O)CC(c4ccc(CO)cc4)O3)cc2)c1)NO. The topological polar surface area (TPSA) is 167 Å². The van der Waals surface area contributed by atoms with E-state index in [0.29, 0.717) is 43.0 Å². The number of aliphatic hydroxyl groups is 1. The highest BCUT2D eigenvalue weighted by molar-refractivity contribution is 7.99. The smallest absolute Gasteiger partial charge is 0.338 e. The van der Waals surface area contributed by atoms with E-state index in [1.165, 1.54) is 17.8 Å². The first kappa shape index (κ1) is 35.7. The average molecular weight is 686 g/mol. The molecule has 1 saturated heterocycles. The molecule has 4 aromatic rings. The quantitative estimate of drug-likeness (QED) is 0.0436. The lowest BCUT2D eigenvalue weighted by Crippen LogP contribution is -2.31. The molecule has 3 aromatic carbocycles. The number of benzene rings is 3. The summed E-state index contributed by atoms with van der Waals surface area (Å²) in [4.78, 5) is 39.4. The predicted molar refractivity (Wildman–Crippen MR) is 182 cm³/mol. The predicted octanol–water partition coefficient (Wildman–Crippen LogP) is 5.96. The Morgan fingerprint density at radius 3 is 2.29 bits per heavy atom. The van der Waals surface area contributed by atoms with Crippen LogP contribution in [0.2, 0.25) is 0 Å². The minimum Gasteiger partial charge on any atom is -0.478 e. The van der Waals surface area contributed by atoms with Gasteiger partial charge in [-0.05, 0) is 58.9 Å². The molecule has 2 amide bonds. The van der Waals surface area contributed by atoms with Crippen molar-refractivity contribution in [3.8, 4) is 11.1 Å². The number of rotatable bonds is 15. The Labute approximate surface area is 288 Å². The molecule has 12 heteroatoms. The third-order valence-corrected chi connectivity index (χ3v) is 9.27. The maximum absolute atomic E-state index is 12.3. The van der Waals surface area contributed by atoms with Gasteiger partial charge < -0.3 is 25.0 Å². The highest BCUT2D eigenvalue weighted by atomic mass is 32.2. The Morgan fingerprint density at radius 2 is 1.57 bits per heavy atom. The van der Waals surface area contributed by atoms with E-state index in [1.54, 1.807) is 17.7 Å². The number of carbonyl (C=O) groups excluding carboxylic acids is 2. The lowest BCUT2D eigenvalue weighted by atomic mass is 9.99. The molecule has 0 spiro atoms. The van der Waals surface area contributed by atoms with Crippen LogP contribution in [0.1, 0.15) is 77.1 Å². The van der Waals surface area contributed by atoms with Gasteiger partial charge in [0.25, 0.3) is 0 Å². The molecule has 0 aliphatic carbocycles. The lowest BCUT2D eigenvalue weighted by molar-refractivity contribution is -0.245. The first-order chi connectivity index (χ1) is 23.8. The van der Waals surface area contributed by atoms with Gasteiger partial charge in [0, 0.05) is 43.3 Å². The summed E-state index contributed by atoms with van der Waals surface area (Å²) in [5, 5.41) is 31.0. The van der Waals surface area contributed by atoms with Crippen molar-refractivity contribution in [1.82, 2.24) is 15.8 Å². The summed E-state index contributed by atoms with van der Waals surface area (Å²) < 4.78 is 12.9. The summed E-state index contributed by atoms with van der Waals surface area (Å²) in [5.41, 5.74) is 7.25. The summed E-state index contributed by atoms with van der Waals surface area (Å²) in [5.74, 6) is -1.12. The molecule has 1 aliphatic heterocycles. The van der Waals surface area contributed by atoms with Gasteiger partial charge in [-0.15, -0.1) is 11.8 Å². The van der Waals surface area contributed by atoms with Crippen LogP contribution in [0.15, 0.2) is 96.2 Å². The number of nitrogens with zero attached hydrogens (tertiary/aromatic N) is 1. The normalized spacial score (nSPS) is 17.3. The molecule has 5 rings (SSSR count). The van der Waals surface area contributed by atoms with Crippen molar-refractivity contribution in [3.63, 3.8) is 0 Å². The molecule has 256 valence electrons. The van der Waals surface area contributed by atoms with Gasteiger partial charge in [0.1, 0.15) is 5.03 Å². The fourth-order valence-electron chi connectivity index (χ4n) is 5.47. The van der Waals surface area contributed by atoms with E-state index in [0.717, 1.165) is 33.4 Å². The molecule has 0 bridgehead atoms. The Morgan fingerprint density at radius 1 is 0.837 bits per heavy atom. The zero-order valence-electron chi connectivity index (χ0n) is 26.8. The van der Waals surface area contributed by atoms with Gasteiger partial charge in [0.05, 0.1) is 24.4 Å². The molecular weight excluding hydrogens is 646 g/mol. The Hall–Kier alpha value is -4.59. The van der Waals surface area contributed by atoms with Gasteiger partial charge in [-0.2, -0.15) is 0 Å². The molecule has 5 N–H and O–H groups in total. The largest absolute Gasteiger partial charge is 0.478 e. The van der Waals surface area contributed by atoms with Crippen molar-refractivity contribution < 1.29 is 39.3 Å². The molecule has 1 aliphatic rings. The number of nitrogens with one attached hydrogen (secondary N) is 2. The number of hydrogen-bond donors (Lipinski definition) is 5. The first-order valence-electron chi connectivity index (χ1n) is 16.0. The summed E-state index contributed by atoms with van der Waals surface area (Å²) in [6.45, 7) is 0.323. The summed E-state index contributed by atoms with van der Waals surface area (Å²) in [7, 11) is 0. The average Bonchev–Trinajstić information content (AvgIpc) is 3.15. The van der Waals surface area contributed by atoms with Gasteiger partial charge in [-0.1, -0.05) is 66.7 Å². The number of amides is 2. The Balaban J connectivity index is 1.25. The summed E-state index contributed by atoms with van der Waals surface area (Å²) in [6, 6.07) is 26.6. The Kier molecular flexibility index (Phi) is 12.9. The number of aliphatic hydroxyl groups excluding tert-OH is 1. The van der Waals surface area contributed by atoms with Crippen LogP contribution in [-0.2, 0) is 32.2 Å². The molecule has 3 unspecified atom stereocenters. The van der Waals surface area contributed by atoms with Crippen molar-refractivity contribution >= 4 is 29.5 Å². The van der Waals surface area contributed by atoms with Crippen LogP contribution in [0.4, 0.5) is 0 Å². The number of carboxylic acid groups (broad SMARTS) is 1. The van der Waals surface area contributed by atoms with Crippen LogP contribution < -0.4 is 10.8 Å². The van der Waals surface area contributed by atoms with Gasteiger partial charge in [0.2, 0.25) is 11.8 Å². The monoisotopic (exact) mass is 685 g/mol. The van der Waals surface area contributed by atoms with E-state index < -0.39 is 18.2 Å². The van der Waals surface area contributed by atoms with Gasteiger partial charge in [0.15, 0.2) is 6.29 Å². The molecule has 49 heavy (non-hydrogen) atoms. The van der Waals surface area contributed by atoms with Crippen molar-refractivity contribution in [3.05, 3.63) is 119 Å². The van der Waals surface area contributed by atoms with Crippen LogP contribution in [-0.4, -0.2) is 50.0 Å². The van der Waals surface area contributed by atoms with E-state index >= 15 is 0 Å². The second-order valence-corrected chi connectivity index (χ2v) is 12.7. The van der Waals surface area contributed by atoms with Gasteiger partial charge in [-0.25, -0.2) is 15.3 Å². The highest BCUT2D eigenvalue weighted by Gasteiger charge is 2.32. The standard InChI is InChI=1S/C37H39N3O8S/c41-22-24-10-12-27(13-11-24)32-20-30(23-49-35-31(36(44)45)7-4-18-38-35)47-37(48-32)28-16-14-26(15-17-28)29-6-3-5-25(19-29)21-39-33(42)8-1-2-9-34(43)40-46/h3-7,10-19,30,32,37,41,46H,1-2,8-9,20-23H2,(H,39,42)(H,40,43)(H,44,45). The third kappa shape index (κ3) is 10.2. The number of hydrogen-bond acceptors (Lipinski definition) is 9. The van der Waals surface area contributed by atoms with E-state index in [9.17, 15) is 24.6 Å². The fourth-order valence-corrected chi connectivity index (χ4v) is 6.48. The molecule has 0 saturated carbocycles. The molecule has 0 radical (unpaired) electrons. The summed E-state index contributed by atoms with van der Waals surface area (Å²) in [6.07, 6.45) is 2.45. The fraction of sp³-hybridized carbons (Fsp3) is 0.297. The second kappa shape index (κ2) is 17.7. The molecule has 1 aromatic heterocycles. The molecule has 11 nitrogen and oxygen atoms in total. The lowest BCUT2D eigenvalue weighted by Gasteiger charge is -2.36. The number of ether oxygens (including phenoxy) is 2. The summed E-state index contributed by atoms with van der Waals surface area (Å²) >= 11 is 1.34. The Bertz CT molecular complexity index is 1720. The van der Waals surface area contributed by atoms with Crippen molar-refractivity contribution in [2.45, 2.75) is 68.8 Å². The van der Waals surface area contributed by atoms with Crippen LogP contribution in [0.25, 0.3) is 11.1 Å². The maximum Gasteiger partial charge on any atom is 0.338 e. The number of hydroxylamine groups is 1. The molecule has 3 atom stereocenters. The number of aromatic carboxylic acids is 1. The third-order valence-electron chi connectivity index (χ3n) is 8.14. The number of aromatic nitrogens is 1. The van der Waals surface area contributed by atoms with Crippen molar-refractivity contribution in [2.75, 3.05) is 5.75 Å². The number of carbonyl (C=O) groups is 3. The maximum atomic E-state index is 12.3. The number of carboxylic acids is 1. The molecule has 2 heterocycles. The zero-order chi connectivity index (χ0) is 34.6. The second-order valence-electron chi connectivity index (χ2n) is 11.7. The van der Waals surface area contributed by atoms with E-state index in [-0.39, 0.29) is 36.7 Å². The zero-order valence-corrected chi connectivity index (χ0v) is 27.6. The minimum absolute atomic E-state index is 0.0499. The minimum atomic E-state index is -1.03. The van der Waals surface area contributed by atoms with Crippen LogP contribution >= 0.6 is 11.8 Å². The molecule has 1 fully saturated rings. The number of thioether (sulfide) groups is 1. The first-order valence-corrected chi connectivity index (χ1v) is 17.0. The highest BCUT2D eigenvalue weighted by Crippen LogP contribution is 2.40. The van der Waals surface area contributed by atoms with Crippen molar-refractivity contribution in [2.24, 2.45) is 0 Å². The van der Waals surface area contributed by atoms with Crippen LogP contribution in [0, 0.1) is 0 Å². The van der Waals surface area contributed by atoms with Crippen LogP contribution in [0.3, 0.4) is 0 Å². The van der Waals surface area contributed by atoms with E-state index in [2.05, 4.69) is 10.3 Å². The van der Waals surface area contributed by atoms with Crippen LogP contribution in [0.5, 0.6) is 0 Å². The van der Waals surface area contributed by atoms with Gasteiger partial charge >= 0.3 is 5.97 Å². The van der Waals surface area contributed by atoms with E-state index in [4.69, 9.17) is 14.7 Å².